The average Bonchev–Trinajstić information content (AvgIpc) is 2.69. The lowest BCUT2D eigenvalue weighted by molar-refractivity contribution is 0.0528. The van der Waals surface area contributed by atoms with E-state index in [0.29, 0.717) is 4.88 Å². The molecule has 0 fully saturated rings. The zero-order valence-corrected chi connectivity index (χ0v) is 13.4. The Labute approximate surface area is 126 Å². The van der Waals surface area contributed by atoms with Crippen LogP contribution in [0.3, 0.4) is 0 Å². The highest BCUT2D eigenvalue weighted by Gasteiger charge is 2.22. The number of ether oxygens (including phenoxy) is 2. The normalized spacial score (nSPS) is 10.8. The van der Waals surface area contributed by atoms with Gasteiger partial charge in [0.25, 0.3) is 0 Å². The molecule has 10 heteroatoms. The second kappa shape index (κ2) is 7.27. The fourth-order valence-corrected chi connectivity index (χ4v) is 3.30. The maximum absolute atomic E-state index is 11.8. The summed E-state index contributed by atoms with van der Waals surface area (Å²) >= 11 is 1.05. The second-order valence-corrected chi connectivity index (χ2v) is 6.42. The van der Waals surface area contributed by atoms with Crippen molar-refractivity contribution in [3.05, 3.63) is 16.5 Å². The van der Waals surface area contributed by atoms with E-state index in [2.05, 4.69) is 9.46 Å². The van der Waals surface area contributed by atoms with Gasteiger partial charge in [-0.3, -0.25) is 4.72 Å². The number of aryl methyl sites for hydroxylation is 1. The number of esters is 1. The van der Waals surface area contributed by atoms with Crippen LogP contribution in [-0.4, -0.2) is 33.7 Å². The molecule has 0 bridgehead atoms. The van der Waals surface area contributed by atoms with E-state index in [4.69, 9.17) is 4.74 Å². The summed E-state index contributed by atoms with van der Waals surface area (Å²) in [5, 5.41) is 0.0720. The molecule has 1 rings (SSSR count). The summed E-state index contributed by atoms with van der Waals surface area (Å²) in [6, 6.07) is 1.50. The molecule has 0 unspecified atom stereocenters. The van der Waals surface area contributed by atoms with Crippen molar-refractivity contribution < 1.29 is 27.5 Å². The molecule has 0 atom stereocenters. The zero-order chi connectivity index (χ0) is 16.0. The Morgan fingerprint density at radius 2 is 1.86 bits per heavy atom. The molecular formula is C11H16N2O6S2. The first-order chi connectivity index (χ1) is 9.79. The van der Waals surface area contributed by atoms with E-state index in [-0.39, 0.29) is 23.8 Å². The van der Waals surface area contributed by atoms with Crippen molar-refractivity contribution in [1.29, 1.82) is 0 Å². The van der Waals surface area contributed by atoms with Crippen LogP contribution in [0, 0.1) is 6.92 Å². The first-order valence-electron chi connectivity index (χ1n) is 6.04. The van der Waals surface area contributed by atoms with Crippen LogP contribution >= 0.6 is 11.3 Å². The minimum atomic E-state index is -4.19. The van der Waals surface area contributed by atoms with Gasteiger partial charge in [0, 0.05) is 4.88 Å². The smallest absolute Gasteiger partial charge is 0.422 e. The third kappa shape index (κ3) is 5.23. The van der Waals surface area contributed by atoms with Crippen molar-refractivity contribution in [2.45, 2.75) is 20.8 Å². The van der Waals surface area contributed by atoms with Gasteiger partial charge in [0.2, 0.25) is 0 Å². The maximum Gasteiger partial charge on any atom is 0.422 e. The number of rotatable bonds is 6. The average molecular weight is 336 g/mol. The molecule has 0 spiro atoms. The lowest BCUT2D eigenvalue weighted by Crippen LogP contribution is -2.35. The Morgan fingerprint density at radius 3 is 2.43 bits per heavy atom. The number of hydrogen-bond donors (Lipinski definition) is 2. The van der Waals surface area contributed by atoms with Crippen LogP contribution in [0.5, 0.6) is 0 Å². The molecule has 118 valence electrons. The van der Waals surface area contributed by atoms with Crippen LogP contribution in [0.25, 0.3) is 0 Å². The van der Waals surface area contributed by atoms with Crippen LogP contribution in [0.2, 0.25) is 0 Å². The number of thiophene rings is 1. The molecule has 0 aliphatic heterocycles. The summed E-state index contributed by atoms with van der Waals surface area (Å²) in [5.41, 5.74) is 0.0913. The second-order valence-electron chi connectivity index (χ2n) is 3.75. The monoisotopic (exact) mass is 336 g/mol. The summed E-state index contributed by atoms with van der Waals surface area (Å²) in [6.45, 7) is 5.10. The van der Waals surface area contributed by atoms with Gasteiger partial charge >= 0.3 is 22.3 Å². The number of carbonyl (C=O) groups excluding carboxylic acids is 2. The van der Waals surface area contributed by atoms with Crippen molar-refractivity contribution in [2.24, 2.45) is 0 Å². The van der Waals surface area contributed by atoms with Crippen molar-refractivity contribution in [2.75, 3.05) is 17.9 Å². The lowest BCUT2D eigenvalue weighted by atomic mass is 10.3. The molecule has 1 amide bonds. The molecule has 1 aromatic heterocycles. The Hall–Kier alpha value is -1.81. The van der Waals surface area contributed by atoms with Gasteiger partial charge in [-0.2, -0.15) is 8.42 Å². The van der Waals surface area contributed by atoms with Crippen molar-refractivity contribution in [3.8, 4) is 0 Å². The fraction of sp³-hybridized carbons (Fsp3) is 0.455. The summed E-state index contributed by atoms with van der Waals surface area (Å²) in [6.07, 6.45) is -1.10. The molecule has 0 aliphatic carbocycles. The van der Waals surface area contributed by atoms with E-state index in [1.165, 1.54) is 6.07 Å². The first-order valence-corrected chi connectivity index (χ1v) is 8.33. The Balaban J connectivity index is 2.92. The zero-order valence-electron chi connectivity index (χ0n) is 11.8. The van der Waals surface area contributed by atoms with E-state index in [1.807, 2.05) is 0 Å². The maximum atomic E-state index is 11.8. The van der Waals surface area contributed by atoms with Crippen LogP contribution < -0.4 is 9.44 Å². The molecule has 0 saturated carbocycles. The molecular weight excluding hydrogens is 320 g/mol. The fourth-order valence-electron chi connectivity index (χ4n) is 1.37. The topological polar surface area (TPSA) is 111 Å². The molecule has 0 saturated heterocycles. The standard InChI is InChI=1S/C11H16N2O6S2/c1-4-18-10(14)8-6-7(3)20-9(8)12-21(16,17)13-11(15)19-5-2/h6,12H,4-5H2,1-3H3,(H,13,15). The largest absolute Gasteiger partial charge is 0.462 e. The minimum Gasteiger partial charge on any atom is -0.462 e. The van der Waals surface area contributed by atoms with Crippen LogP contribution in [0.4, 0.5) is 9.80 Å². The van der Waals surface area contributed by atoms with Gasteiger partial charge < -0.3 is 9.47 Å². The Morgan fingerprint density at radius 1 is 1.24 bits per heavy atom. The quantitative estimate of drug-likeness (QED) is 0.764. The number of hydrogen-bond acceptors (Lipinski definition) is 7. The third-order valence-electron chi connectivity index (χ3n) is 2.07. The summed E-state index contributed by atoms with van der Waals surface area (Å²) < 4.78 is 36.6. The highest BCUT2D eigenvalue weighted by molar-refractivity contribution is 7.91. The summed E-state index contributed by atoms with van der Waals surface area (Å²) in [7, 11) is -4.19. The van der Waals surface area contributed by atoms with Gasteiger partial charge in [0.05, 0.1) is 18.8 Å². The van der Waals surface area contributed by atoms with E-state index >= 15 is 0 Å². The molecule has 1 heterocycles. The van der Waals surface area contributed by atoms with E-state index in [9.17, 15) is 18.0 Å². The summed E-state index contributed by atoms with van der Waals surface area (Å²) in [4.78, 5) is 23.6. The van der Waals surface area contributed by atoms with Crippen LogP contribution in [-0.2, 0) is 19.7 Å². The highest BCUT2D eigenvalue weighted by atomic mass is 32.2. The number of carbonyl (C=O) groups is 2. The van der Waals surface area contributed by atoms with Gasteiger partial charge in [0.15, 0.2) is 0 Å². The van der Waals surface area contributed by atoms with Crippen molar-refractivity contribution >= 4 is 38.6 Å². The highest BCUT2D eigenvalue weighted by Crippen LogP contribution is 2.28. The Kier molecular flexibility index (Phi) is 5.97. The van der Waals surface area contributed by atoms with Gasteiger partial charge in [-0.15, -0.1) is 11.3 Å². The first kappa shape index (κ1) is 17.2. The number of amides is 1. The SMILES string of the molecule is CCOC(=O)NS(=O)(=O)Nc1sc(C)cc1C(=O)OCC. The molecule has 8 nitrogen and oxygen atoms in total. The van der Waals surface area contributed by atoms with Gasteiger partial charge in [0.1, 0.15) is 5.00 Å². The van der Waals surface area contributed by atoms with E-state index < -0.39 is 22.3 Å². The number of anilines is 1. The van der Waals surface area contributed by atoms with Crippen molar-refractivity contribution in [1.82, 2.24) is 4.72 Å². The lowest BCUT2D eigenvalue weighted by Gasteiger charge is -2.09. The van der Waals surface area contributed by atoms with Crippen molar-refractivity contribution in [3.63, 3.8) is 0 Å². The van der Waals surface area contributed by atoms with Gasteiger partial charge in [-0.25, -0.2) is 14.3 Å². The van der Waals surface area contributed by atoms with E-state index in [1.54, 1.807) is 25.5 Å². The molecule has 0 radical (unpaired) electrons. The number of nitrogens with one attached hydrogen (secondary N) is 2. The molecule has 0 aromatic carbocycles. The molecule has 2 N–H and O–H groups in total. The minimum absolute atomic E-state index is 0.0353. The predicted octanol–water partition coefficient (Wildman–Crippen LogP) is 1.64. The summed E-state index contributed by atoms with van der Waals surface area (Å²) in [5.74, 6) is -0.643. The molecule has 0 aliphatic rings. The van der Waals surface area contributed by atoms with Gasteiger partial charge in [-0.1, -0.05) is 0 Å². The predicted molar refractivity (Wildman–Crippen MR) is 77.7 cm³/mol. The van der Waals surface area contributed by atoms with Gasteiger partial charge in [-0.05, 0) is 26.8 Å². The molecule has 1 aromatic rings. The van der Waals surface area contributed by atoms with E-state index in [0.717, 1.165) is 11.3 Å². The Bertz CT molecular complexity index is 623. The van der Waals surface area contributed by atoms with Crippen LogP contribution in [0.1, 0.15) is 29.1 Å². The third-order valence-corrected chi connectivity index (χ3v) is 4.07. The molecule has 21 heavy (non-hydrogen) atoms. The van der Waals surface area contributed by atoms with Crippen LogP contribution in [0.15, 0.2) is 6.07 Å².